The van der Waals surface area contributed by atoms with E-state index in [4.69, 9.17) is 9.47 Å². The van der Waals surface area contributed by atoms with Gasteiger partial charge in [0.2, 0.25) is 17.7 Å². The lowest BCUT2D eigenvalue weighted by atomic mass is 9.93. The van der Waals surface area contributed by atoms with E-state index in [-0.39, 0.29) is 38.0 Å². The number of amides is 4. The molecule has 0 fully saturated rings. The van der Waals surface area contributed by atoms with Gasteiger partial charge >= 0.3 is 6.09 Å². The highest BCUT2D eigenvalue weighted by Crippen LogP contribution is 2.24. The number of nitrogens with one attached hydrogen (secondary N) is 6. The molecule has 4 aromatic rings. The second kappa shape index (κ2) is 23.1. The summed E-state index contributed by atoms with van der Waals surface area (Å²) in [5.74, 6) is -1.64. The Balaban J connectivity index is 1.34. The molecule has 0 aliphatic carbocycles. The SMILES string of the molecule is COc1ccc(CN[C@@H](C(=O)N[C@H](C(=O)NCc2ccc(N3NC=CS3)cc2)C(C)C)[C@H](O)[C@H](Cc2ccccc2)NC(=O)[C@@H](NC(=O)OCc2ccccc2)C(C)C)cc1. The Bertz CT molecular complexity index is 2030. The Hall–Kier alpha value is -6.03. The van der Waals surface area contributed by atoms with Gasteiger partial charge in [0, 0.05) is 36.6 Å². The molecule has 0 saturated carbocycles. The van der Waals surface area contributed by atoms with Crippen molar-refractivity contribution in [2.75, 3.05) is 11.5 Å². The van der Waals surface area contributed by atoms with Crippen LogP contribution in [-0.2, 0) is 45.2 Å². The molecule has 7 N–H and O–H groups in total. The largest absolute Gasteiger partial charge is 0.497 e. The van der Waals surface area contributed by atoms with Crippen LogP contribution >= 0.6 is 11.9 Å². The fourth-order valence-corrected chi connectivity index (χ4v) is 7.19. The summed E-state index contributed by atoms with van der Waals surface area (Å²) < 4.78 is 12.6. The second-order valence-electron chi connectivity index (χ2n) is 15.4. The highest BCUT2D eigenvalue weighted by Gasteiger charge is 2.38. The molecule has 1 aliphatic heterocycles. The van der Waals surface area contributed by atoms with Gasteiger partial charge in [-0.2, -0.15) is 0 Å². The maximum Gasteiger partial charge on any atom is 0.408 e. The van der Waals surface area contributed by atoms with Crippen LogP contribution in [0.1, 0.15) is 49.9 Å². The Kier molecular flexibility index (Phi) is 17.4. The minimum Gasteiger partial charge on any atom is -0.497 e. The minimum absolute atomic E-state index is 0.0156. The van der Waals surface area contributed by atoms with Crippen LogP contribution in [0, 0.1) is 11.8 Å². The maximum absolute atomic E-state index is 14.4. The number of hydrogen-bond donors (Lipinski definition) is 7. The molecule has 61 heavy (non-hydrogen) atoms. The molecular formula is C46H57N7O7S. The Labute approximate surface area is 362 Å². The van der Waals surface area contributed by atoms with Crippen LogP contribution in [0.3, 0.4) is 0 Å². The van der Waals surface area contributed by atoms with E-state index < -0.39 is 54.1 Å². The predicted molar refractivity (Wildman–Crippen MR) is 237 cm³/mol. The summed E-state index contributed by atoms with van der Waals surface area (Å²) in [6, 6.07) is 29.1. The van der Waals surface area contributed by atoms with Crippen molar-refractivity contribution in [1.82, 2.24) is 32.0 Å². The number of nitrogens with zero attached hydrogens (tertiary/aromatic N) is 1. The molecule has 1 aliphatic rings. The van der Waals surface area contributed by atoms with Gasteiger partial charge in [-0.3, -0.25) is 25.1 Å². The molecule has 0 saturated heterocycles. The Morgan fingerprint density at radius 3 is 1.84 bits per heavy atom. The van der Waals surface area contributed by atoms with E-state index in [1.165, 1.54) is 11.9 Å². The summed E-state index contributed by atoms with van der Waals surface area (Å²) in [6.45, 7) is 7.62. The molecule has 0 spiro atoms. The number of anilines is 1. The molecule has 1 heterocycles. The first-order chi connectivity index (χ1) is 29.4. The van der Waals surface area contributed by atoms with Crippen molar-refractivity contribution >= 4 is 41.5 Å². The molecule has 4 aromatic carbocycles. The first kappa shape index (κ1) is 46.0. The number of aliphatic hydroxyl groups is 1. The summed E-state index contributed by atoms with van der Waals surface area (Å²) in [5.41, 5.74) is 7.31. The van der Waals surface area contributed by atoms with E-state index in [1.54, 1.807) is 33.1 Å². The fraction of sp³-hybridized carbons (Fsp3) is 0.348. The second-order valence-corrected chi connectivity index (χ2v) is 16.2. The average Bonchev–Trinajstić information content (AvgIpc) is 3.82. The van der Waals surface area contributed by atoms with Crippen molar-refractivity contribution in [3.05, 3.63) is 143 Å². The fourth-order valence-electron chi connectivity index (χ4n) is 6.58. The van der Waals surface area contributed by atoms with Crippen molar-refractivity contribution in [3.8, 4) is 5.75 Å². The standard InChI is InChI=1S/C46H57N7O7S/c1-30(2)39(43(55)48-28-33-16-20-36(21-17-33)53-49-24-25-61-53)51-45(57)41(47-27-34-18-22-37(59-5)23-19-34)42(54)38(26-32-12-8-6-9-13-32)50-44(56)40(31(3)4)52-46(58)60-29-35-14-10-7-11-15-35/h6-25,30-31,38-42,47,49,54H,26-29H2,1-5H3,(H,48,55)(H,50,56)(H,51,57)(H,52,58)/t38-,39-,40-,41+,42+/m0/s1. The molecule has 4 amide bonds. The lowest BCUT2D eigenvalue weighted by Gasteiger charge is -2.33. The number of ether oxygens (including phenoxy) is 2. The van der Waals surface area contributed by atoms with Crippen molar-refractivity contribution < 1.29 is 33.8 Å². The van der Waals surface area contributed by atoms with Crippen molar-refractivity contribution in [3.63, 3.8) is 0 Å². The van der Waals surface area contributed by atoms with E-state index in [1.807, 2.05) is 127 Å². The van der Waals surface area contributed by atoms with E-state index in [0.29, 0.717) is 5.75 Å². The molecule has 14 nitrogen and oxygen atoms in total. The molecular weight excluding hydrogens is 795 g/mol. The van der Waals surface area contributed by atoms with Crippen LogP contribution in [0.15, 0.2) is 121 Å². The van der Waals surface area contributed by atoms with Gasteiger partial charge in [0.15, 0.2) is 0 Å². The lowest BCUT2D eigenvalue weighted by Crippen LogP contribution is -2.63. The number of alkyl carbamates (subject to hydrolysis) is 1. The van der Waals surface area contributed by atoms with Gasteiger partial charge in [-0.25, -0.2) is 9.21 Å². The highest BCUT2D eigenvalue weighted by molar-refractivity contribution is 8.03. The number of rotatable bonds is 21. The zero-order chi connectivity index (χ0) is 43.7. The normalized spacial score (nSPS) is 14.6. The van der Waals surface area contributed by atoms with Gasteiger partial charge < -0.3 is 35.8 Å². The molecule has 0 aromatic heterocycles. The molecule has 0 bridgehead atoms. The van der Waals surface area contributed by atoms with E-state index in [0.717, 1.165) is 27.9 Å². The zero-order valence-corrected chi connectivity index (χ0v) is 36.0. The predicted octanol–water partition coefficient (Wildman–Crippen LogP) is 5.09. The summed E-state index contributed by atoms with van der Waals surface area (Å²) >= 11 is 1.51. The molecule has 0 radical (unpaired) electrons. The smallest absolute Gasteiger partial charge is 0.408 e. The first-order valence-electron chi connectivity index (χ1n) is 20.3. The third-order valence-electron chi connectivity index (χ3n) is 10.1. The summed E-state index contributed by atoms with van der Waals surface area (Å²) in [6.07, 6.45) is -0.317. The molecule has 0 unspecified atom stereocenters. The quantitative estimate of drug-likeness (QED) is 0.0555. The maximum atomic E-state index is 14.4. The van der Waals surface area contributed by atoms with Crippen molar-refractivity contribution in [1.29, 1.82) is 0 Å². The Morgan fingerprint density at radius 1 is 0.672 bits per heavy atom. The third kappa shape index (κ3) is 14.0. The van der Waals surface area contributed by atoms with E-state index in [2.05, 4.69) is 32.0 Å². The molecule has 15 heteroatoms. The van der Waals surface area contributed by atoms with Crippen molar-refractivity contribution in [2.24, 2.45) is 11.8 Å². The van der Waals surface area contributed by atoms with Crippen LogP contribution in [0.5, 0.6) is 5.75 Å². The number of carbonyl (C=O) groups is 4. The van der Waals surface area contributed by atoms with Gasteiger partial charge in [-0.1, -0.05) is 113 Å². The summed E-state index contributed by atoms with van der Waals surface area (Å²) in [5, 5.41) is 28.9. The topological polar surface area (TPSA) is 182 Å². The van der Waals surface area contributed by atoms with Crippen LogP contribution in [-0.4, -0.2) is 66.3 Å². The molecule has 324 valence electrons. The Morgan fingerprint density at radius 2 is 1.25 bits per heavy atom. The zero-order valence-electron chi connectivity index (χ0n) is 35.2. The molecule has 5 rings (SSSR count). The monoisotopic (exact) mass is 851 g/mol. The van der Waals surface area contributed by atoms with E-state index in [9.17, 15) is 24.3 Å². The molecule has 5 atom stereocenters. The van der Waals surface area contributed by atoms with Crippen molar-refractivity contribution in [2.45, 2.75) is 84.1 Å². The minimum atomic E-state index is -1.52. The summed E-state index contributed by atoms with van der Waals surface area (Å²) in [4.78, 5) is 55.2. The number of carbonyl (C=O) groups excluding carboxylic acids is 4. The number of hydrogen-bond acceptors (Lipinski definition) is 11. The van der Waals surface area contributed by atoms with Gasteiger partial charge in [-0.15, -0.1) is 0 Å². The number of aliphatic hydroxyl groups excluding tert-OH is 1. The number of methoxy groups -OCH3 is 1. The van der Waals surface area contributed by atoms with Crippen LogP contribution in [0.25, 0.3) is 0 Å². The van der Waals surface area contributed by atoms with Crippen LogP contribution < -0.4 is 41.2 Å². The van der Waals surface area contributed by atoms with Crippen LogP contribution in [0.4, 0.5) is 10.5 Å². The van der Waals surface area contributed by atoms with Gasteiger partial charge in [-0.05, 0) is 64.8 Å². The number of benzene rings is 4. The number of hydrazine groups is 1. The summed E-state index contributed by atoms with van der Waals surface area (Å²) in [7, 11) is 1.57. The highest BCUT2D eigenvalue weighted by atomic mass is 32.2. The first-order valence-corrected chi connectivity index (χ1v) is 21.2. The van der Waals surface area contributed by atoms with E-state index >= 15 is 0 Å². The van der Waals surface area contributed by atoms with Gasteiger partial charge in [0.05, 0.1) is 24.9 Å². The van der Waals surface area contributed by atoms with Gasteiger partial charge in [0.1, 0.15) is 30.5 Å². The van der Waals surface area contributed by atoms with Crippen LogP contribution in [0.2, 0.25) is 0 Å². The van der Waals surface area contributed by atoms with Gasteiger partial charge in [0.25, 0.3) is 0 Å². The third-order valence-corrected chi connectivity index (χ3v) is 10.9. The average molecular weight is 852 g/mol. The lowest BCUT2D eigenvalue weighted by molar-refractivity contribution is -0.134.